The summed E-state index contributed by atoms with van der Waals surface area (Å²) in [5.74, 6) is 0.0255. The zero-order valence-corrected chi connectivity index (χ0v) is 11.2. The van der Waals surface area contributed by atoms with Crippen molar-refractivity contribution in [1.29, 1.82) is 0 Å². The molecule has 0 unspecified atom stereocenters. The minimum atomic E-state index is 0.0255. The Hall–Kier alpha value is -2.42. The van der Waals surface area contributed by atoms with Crippen LogP contribution in [-0.2, 0) is 24.2 Å². The number of allylic oxidation sites excluding steroid dienone is 1. The van der Waals surface area contributed by atoms with E-state index in [0.29, 0.717) is 13.0 Å². The summed E-state index contributed by atoms with van der Waals surface area (Å²) in [5, 5.41) is 2.90. The number of hydrogen-bond acceptors (Lipinski definition) is 2. The van der Waals surface area contributed by atoms with Gasteiger partial charge in [0.1, 0.15) is 0 Å². The highest BCUT2D eigenvalue weighted by atomic mass is 16.1. The molecule has 3 rings (SSSR count). The summed E-state index contributed by atoms with van der Waals surface area (Å²) in [6, 6.07) is 11.9. The molecule has 3 heteroatoms. The van der Waals surface area contributed by atoms with E-state index in [0.717, 1.165) is 17.7 Å². The molecule has 20 heavy (non-hydrogen) atoms. The third-order valence-corrected chi connectivity index (χ3v) is 3.40. The topological polar surface area (TPSA) is 42.0 Å². The molecule has 1 heterocycles. The molecule has 1 aromatic heterocycles. The molecule has 1 N–H and O–H groups in total. The zero-order chi connectivity index (χ0) is 13.8. The van der Waals surface area contributed by atoms with E-state index < -0.39 is 0 Å². The number of hydrogen-bond donors (Lipinski definition) is 1. The molecule has 0 spiro atoms. The number of pyridine rings is 1. The summed E-state index contributed by atoms with van der Waals surface area (Å²) in [6.07, 6.45) is 7.41. The first-order valence-corrected chi connectivity index (χ1v) is 6.76. The highest BCUT2D eigenvalue weighted by Crippen LogP contribution is 2.20. The van der Waals surface area contributed by atoms with Crippen LogP contribution < -0.4 is 5.32 Å². The smallest absolute Gasteiger partial charge is 0.224 e. The van der Waals surface area contributed by atoms with Crippen LogP contribution in [0.1, 0.15) is 22.4 Å². The number of benzene rings is 1. The van der Waals surface area contributed by atoms with Gasteiger partial charge >= 0.3 is 0 Å². The maximum absolute atomic E-state index is 11.9. The number of aromatic nitrogens is 1. The SMILES string of the molecule is O=C(Cc1ccc2c(c1)C=CC2)NCc1ccccn1. The standard InChI is InChI=1S/C17H16N2O/c20-17(19-12-16-6-1-2-9-18-16)11-13-7-8-14-4-3-5-15(14)10-13/h1-3,5-10H,4,11-12H2,(H,19,20). The van der Waals surface area contributed by atoms with Gasteiger partial charge in [-0.25, -0.2) is 0 Å². The van der Waals surface area contributed by atoms with Crippen LogP contribution in [0.2, 0.25) is 0 Å². The van der Waals surface area contributed by atoms with Crippen LogP contribution >= 0.6 is 0 Å². The fraction of sp³-hybridized carbons (Fsp3) is 0.176. The minimum Gasteiger partial charge on any atom is -0.350 e. The number of fused-ring (bicyclic) bond motifs is 1. The van der Waals surface area contributed by atoms with E-state index in [1.807, 2.05) is 24.3 Å². The number of nitrogens with zero attached hydrogens (tertiary/aromatic N) is 1. The van der Waals surface area contributed by atoms with E-state index >= 15 is 0 Å². The van der Waals surface area contributed by atoms with Crippen LogP contribution in [0.15, 0.2) is 48.7 Å². The van der Waals surface area contributed by atoms with Crippen LogP contribution in [0.5, 0.6) is 0 Å². The molecule has 0 saturated heterocycles. The predicted molar refractivity (Wildman–Crippen MR) is 79.0 cm³/mol. The highest BCUT2D eigenvalue weighted by Gasteiger charge is 2.08. The molecule has 0 radical (unpaired) electrons. The first kappa shape index (κ1) is 12.6. The number of nitrogens with one attached hydrogen (secondary N) is 1. The van der Waals surface area contributed by atoms with Crippen molar-refractivity contribution in [2.45, 2.75) is 19.4 Å². The van der Waals surface area contributed by atoms with Crippen molar-refractivity contribution < 1.29 is 4.79 Å². The van der Waals surface area contributed by atoms with Gasteiger partial charge in [-0.2, -0.15) is 0 Å². The average Bonchev–Trinajstić information content (AvgIpc) is 2.94. The molecule has 1 aromatic carbocycles. The lowest BCUT2D eigenvalue weighted by atomic mass is 10.0. The summed E-state index contributed by atoms with van der Waals surface area (Å²) >= 11 is 0. The fourth-order valence-corrected chi connectivity index (χ4v) is 2.35. The van der Waals surface area contributed by atoms with Crippen LogP contribution in [0, 0.1) is 0 Å². The normalized spacial score (nSPS) is 12.2. The van der Waals surface area contributed by atoms with E-state index in [1.54, 1.807) is 6.20 Å². The van der Waals surface area contributed by atoms with Crippen molar-refractivity contribution >= 4 is 12.0 Å². The first-order valence-electron chi connectivity index (χ1n) is 6.76. The van der Waals surface area contributed by atoms with E-state index in [1.165, 1.54) is 11.1 Å². The first-order chi connectivity index (χ1) is 9.81. The molecule has 0 fully saturated rings. The molecule has 1 aliphatic carbocycles. The van der Waals surface area contributed by atoms with Crippen molar-refractivity contribution in [1.82, 2.24) is 10.3 Å². The van der Waals surface area contributed by atoms with Gasteiger partial charge in [-0.1, -0.05) is 36.4 Å². The third-order valence-electron chi connectivity index (χ3n) is 3.40. The molecule has 0 aliphatic heterocycles. The van der Waals surface area contributed by atoms with Crippen molar-refractivity contribution in [2.24, 2.45) is 0 Å². The van der Waals surface area contributed by atoms with Gasteiger partial charge in [-0.3, -0.25) is 9.78 Å². The molecule has 0 saturated carbocycles. The Morgan fingerprint density at radius 1 is 1.25 bits per heavy atom. The molecular weight excluding hydrogens is 248 g/mol. The highest BCUT2D eigenvalue weighted by molar-refractivity contribution is 5.79. The predicted octanol–water partition coefficient (Wildman–Crippen LogP) is 2.51. The number of carbonyl (C=O) groups is 1. The second-order valence-corrected chi connectivity index (χ2v) is 4.91. The molecule has 0 bridgehead atoms. The maximum Gasteiger partial charge on any atom is 0.224 e. The number of rotatable bonds is 4. The van der Waals surface area contributed by atoms with Crippen molar-refractivity contribution in [3.05, 3.63) is 71.1 Å². The Bertz CT molecular complexity index is 647. The molecule has 1 aliphatic rings. The lowest BCUT2D eigenvalue weighted by Gasteiger charge is -2.06. The van der Waals surface area contributed by atoms with Crippen molar-refractivity contribution in [3.63, 3.8) is 0 Å². The Morgan fingerprint density at radius 2 is 2.20 bits per heavy atom. The van der Waals surface area contributed by atoms with Crippen LogP contribution in [0.3, 0.4) is 0 Å². The van der Waals surface area contributed by atoms with E-state index in [-0.39, 0.29) is 5.91 Å². The van der Waals surface area contributed by atoms with Gasteiger partial charge in [-0.15, -0.1) is 0 Å². The lowest BCUT2D eigenvalue weighted by Crippen LogP contribution is -2.25. The third kappa shape index (κ3) is 2.94. The molecule has 1 amide bonds. The largest absolute Gasteiger partial charge is 0.350 e. The quantitative estimate of drug-likeness (QED) is 0.922. The molecule has 0 atom stereocenters. The van der Waals surface area contributed by atoms with Crippen LogP contribution in [0.4, 0.5) is 0 Å². The summed E-state index contributed by atoms with van der Waals surface area (Å²) in [7, 11) is 0. The van der Waals surface area contributed by atoms with E-state index in [2.05, 4.69) is 34.6 Å². The Labute approximate surface area is 118 Å². The van der Waals surface area contributed by atoms with Gasteiger partial charge in [-0.05, 0) is 35.2 Å². The van der Waals surface area contributed by atoms with Crippen molar-refractivity contribution in [3.8, 4) is 0 Å². The van der Waals surface area contributed by atoms with Gasteiger partial charge in [0.05, 0.1) is 18.7 Å². The Morgan fingerprint density at radius 3 is 3.05 bits per heavy atom. The van der Waals surface area contributed by atoms with Gasteiger partial charge < -0.3 is 5.32 Å². The summed E-state index contributed by atoms with van der Waals surface area (Å²) in [4.78, 5) is 16.1. The van der Waals surface area contributed by atoms with Crippen LogP contribution in [-0.4, -0.2) is 10.9 Å². The Kier molecular flexibility index (Phi) is 3.59. The molecule has 3 nitrogen and oxygen atoms in total. The zero-order valence-electron chi connectivity index (χ0n) is 11.2. The van der Waals surface area contributed by atoms with Gasteiger partial charge in [0, 0.05) is 6.20 Å². The van der Waals surface area contributed by atoms with E-state index in [4.69, 9.17) is 0 Å². The monoisotopic (exact) mass is 264 g/mol. The summed E-state index contributed by atoms with van der Waals surface area (Å²) in [5.41, 5.74) is 4.49. The summed E-state index contributed by atoms with van der Waals surface area (Å²) in [6.45, 7) is 0.477. The lowest BCUT2D eigenvalue weighted by molar-refractivity contribution is -0.120. The van der Waals surface area contributed by atoms with Crippen LogP contribution in [0.25, 0.3) is 6.08 Å². The maximum atomic E-state index is 11.9. The van der Waals surface area contributed by atoms with Crippen molar-refractivity contribution in [2.75, 3.05) is 0 Å². The molecule has 100 valence electrons. The second-order valence-electron chi connectivity index (χ2n) is 4.91. The van der Waals surface area contributed by atoms with Gasteiger partial charge in [0.15, 0.2) is 0 Å². The summed E-state index contributed by atoms with van der Waals surface area (Å²) < 4.78 is 0. The average molecular weight is 264 g/mol. The van der Waals surface area contributed by atoms with E-state index in [9.17, 15) is 4.79 Å². The second kappa shape index (κ2) is 5.70. The number of carbonyl (C=O) groups excluding carboxylic acids is 1. The fourth-order valence-electron chi connectivity index (χ4n) is 2.35. The number of amides is 1. The molecular formula is C17H16N2O. The molecule has 2 aromatic rings. The van der Waals surface area contributed by atoms with Gasteiger partial charge in [0.25, 0.3) is 0 Å². The van der Waals surface area contributed by atoms with Gasteiger partial charge in [0.2, 0.25) is 5.91 Å². The minimum absolute atomic E-state index is 0.0255. The Balaban J connectivity index is 1.58.